The van der Waals surface area contributed by atoms with E-state index < -0.39 is 11.4 Å². The zero-order valence-corrected chi connectivity index (χ0v) is 15.2. The van der Waals surface area contributed by atoms with Crippen molar-refractivity contribution in [1.29, 1.82) is 0 Å². The number of hydrogen-bond donors (Lipinski definition) is 2. The number of hydrogen-bond acceptors (Lipinski definition) is 6. The van der Waals surface area contributed by atoms with E-state index in [4.69, 9.17) is 22.1 Å². The summed E-state index contributed by atoms with van der Waals surface area (Å²) in [5, 5.41) is 10.7. The van der Waals surface area contributed by atoms with Crippen molar-refractivity contribution in [2.75, 3.05) is 12.3 Å². The zero-order chi connectivity index (χ0) is 18.8. The van der Waals surface area contributed by atoms with Crippen molar-refractivity contribution in [3.8, 4) is 17.0 Å². The molecule has 1 aromatic carbocycles. The largest absolute Gasteiger partial charge is 0.488 e. The smallest absolute Gasteiger partial charge is 0.220 e. The van der Waals surface area contributed by atoms with E-state index in [2.05, 4.69) is 15.0 Å². The van der Waals surface area contributed by atoms with Gasteiger partial charge in [0, 0.05) is 5.56 Å². The highest BCUT2D eigenvalue weighted by Crippen LogP contribution is 2.44. The normalized spacial score (nSPS) is 16.8. The van der Waals surface area contributed by atoms with Crippen LogP contribution in [0.1, 0.15) is 32.6 Å². The van der Waals surface area contributed by atoms with E-state index in [1.54, 1.807) is 18.4 Å². The molecule has 0 spiro atoms. The van der Waals surface area contributed by atoms with Crippen LogP contribution in [0.2, 0.25) is 5.02 Å². The lowest BCUT2D eigenvalue weighted by molar-refractivity contribution is 0.0616. The zero-order valence-electron chi connectivity index (χ0n) is 14.4. The Morgan fingerprint density at radius 3 is 2.85 bits per heavy atom. The van der Waals surface area contributed by atoms with Gasteiger partial charge in [-0.15, -0.1) is 0 Å². The van der Waals surface area contributed by atoms with Gasteiger partial charge >= 0.3 is 0 Å². The standard InChI is InChI=1S/C17H17ClFN5O2/c1-7-6-26-14-8(11-9(18)5-21-16(20)23-11)4-10(19)12-13(14)24(7)15(22-12)17(2,3)25/h4-5,7,25H,6H2,1-3H3,(H2,20,21,23)/t7-/m1/s1. The van der Waals surface area contributed by atoms with Crippen molar-refractivity contribution < 1.29 is 14.2 Å². The minimum atomic E-state index is -1.24. The molecule has 0 unspecified atom stereocenters. The Morgan fingerprint density at radius 2 is 2.15 bits per heavy atom. The van der Waals surface area contributed by atoms with Crippen LogP contribution in [0.25, 0.3) is 22.3 Å². The van der Waals surface area contributed by atoms with Gasteiger partial charge in [0.15, 0.2) is 11.6 Å². The van der Waals surface area contributed by atoms with Gasteiger partial charge in [0.05, 0.1) is 23.0 Å². The number of rotatable bonds is 2. The molecular formula is C17H17ClFN5O2. The maximum absolute atomic E-state index is 14.9. The Balaban J connectivity index is 2.12. The highest BCUT2D eigenvalue weighted by Gasteiger charge is 2.34. The first kappa shape index (κ1) is 17.0. The summed E-state index contributed by atoms with van der Waals surface area (Å²) >= 11 is 6.21. The van der Waals surface area contributed by atoms with Gasteiger partial charge in [0.25, 0.3) is 0 Å². The summed E-state index contributed by atoms with van der Waals surface area (Å²) in [6, 6.07) is 1.14. The summed E-state index contributed by atoms with van der Waals surface area (Å²) in [6.07, 6.45) is 1.36. The average molecular weight is 378 g/mol. The van der Waals surface area contributed by atoms with Crippen LogP contribution in [0.5, 0.6) is 5.75 Å². The topological polar surface area (TPSA) is 99.1 Å². The van der Waals surface area contributed by atoms with Gasteiger partial charge in [-0.05, 0) is 26.8 Å². The Bertz CT molecular complexity index is 1040. The predicted octanol–water partition coefficient (Wildman–Crippen LogP) is 3.05. The van der Waals surface area contributed by atoms with Gasteiger partial charge in [-0.25, -0.2) is 19.3 Å². The quantitative estimate of drug-likeness (QED) is 0.712. The number of aliphatic hydroxyl groups is 1. The van der Waals surface area contributed by atoms with Crippen LogP contribution in [0, 0.1) is 5.82 Å². The fourth-order valence-corrected chi connectivity index (χ4v) is 3.43. The van der Waals surface area contributed by atoms with Crippen LogP contribution in [-0.4, -0.2) is 31.2 Å². The summed E-state index contributed by atoms with van der Waals surface area (Å²) in [6.45, 7) is 5.47. The molecule has 0 saturated carbocycles. The molecule has 0 amide bonds. The highest BCUT2D eigenvalue weighted by atomic mass is 35.5. The van der Waals surface area contributed by atoms with E-state index in [0.717, 1.165) is 0 Å². The van der Waals surface area contributed by atoms with Crippen LogP contribution in [-0.2, 0) is 5.60 Å². The minimum absolute atomic E-state index is 0.0203. The van der Waals surface area contributed by atoms with E-state index in [-0.39, 0.29) is 28.2 Å². The van der Waals surface area contributed by atoms with Crippen LogP contribution in [0.4, 0.5) is 10.3 Å². The summed E-state index contributed by atoms with van der Waals surface area (Å²) in [5.74, 6) is 0.234. The van der Waals surface area contributed by atoms with Gasteiger partial charge in [0.2, 0.25) is 5.95 Å². The van der Waals surface area contributed by atoms with E-state index >= 15 is 0 Å². The Kier molecular flexibility index (Phi) is 3.61. The molecular weight excluding hydrogens is 361 g/mol. The number of benzene rings is 1. The minimum Gasteiger partial charge on any atom is -0.488 e. The third-order valence-corrected chi connectivity index (χ3v) is 4.62. The van der Waals surface area contributed by atoms with Crippen molar-refractivity contribution in [2.24, 2.45) is 0 Å². The Morgan fingerprint density at radius 1 is 1.42 bits per heavy atom. The van der Waals surface area contributed by atoms with Gasteiger partial charge in [-0.2, -0.15) is 0 Å². The van der Waals surface area contributed by atoms with E-state index in [1.165, 1.54) is 12.3 Å². The fraction of sp³-hybridized carbons (Fsp3) is 0.353. The third-order valence-electron chi connectivity index (χ3n) is 4.34. The number of ether oxygens (including phenoxy) is 1. The molecule has 0 fully saturated rings. The van der Waals surface area contributed by atoms with Crippen molar-refractivity contribution in [2.45, 2.75) is 32.4 Å². The maximum Gasteiger partial charge on any atom is 0.220 e. The van der Waals surface area contributed by atoms with Crippen LogP contribution in [0.3, 0.4) is 0 Å². The van der Waals surface area contributed by atoms with Crippen molar-refractivity contribution >= 4 is 28.6 Å². The number of nitrogen functional groups attached to an aromatic ring is 1. The molecule has 0 saturated heterocycles. The molecule has 1 aliphatic rings. The van der Waals surface area contributed by atoms with Crippen LogP contribution < -0.4 is 10.5 Å². The number of nitrogens with two attached hydrogens (primary N) is 1. The van der Waals surface area contributed by atoms with Gasteiger partial charge in [0.1, 0.15) is 29.1 Å². The first-order valence-corrected chi connectivity index (χ1v) is 8.44. The lowest BCUT2D eigenvalue weighted by atomic mass is 10.1. The highest BCUT2D eigenvalue weighted by molar-refractivity contribution is 6.33. The third kappa shape index (κ3) is 2.40. The van der Waals surface area contributed by atoms with Crippen LogP contribution in [0.15, 0.2) is 12.3 Å². The number of aromatic nitrogens is 4. The monoisotopic (exact) mass is 377 g/mol. The molecule has 9 heteroatoms. The summed E-state index contributed by atoms with van der Waals surface area (Å²) in [7, 11) is 0. The SMILES string of the molecule is C[C@@H]1COc2c(-c3nc(N)ncc3Cl)cc(F)c3nc(C(C)(C)O)n1c23. The molecule has 136 valence electrons. The Labute approximate surface area is 153 Å². The number of anilines is 1. The number of imidazole rings is 1. The molecule has 2 aromatic heterocycles. The van der Waals surface area contributed by atoms with E-state index in [0.29, 0.717) is 29.3 Å². The fourth-order valence-electron chi connectivity index (χ4n) is 3.24. The molecule has 0 radical (unpaired) electrons. The lowest BCUT2D eigenvalue weighted by Crippen LogP contribution is -2.28. The van der Waals surface area contributed by atoms with Crippen molar-refractivity contribution in [1.82, 2.24) is 19.5 Å². The molecule has 1 atom stereocenters. The van der Waals surface area contributed by atoms with Gasteiger partial charge in [-0.1, -0.05) is 11.6 Å². The summed E-state index contributed by atoms with van der Waals surface area (Å²) in [5.41, 5.74) is 5.66. The summed E-state index contributed by atoms with van der Waals surface area (Å²) in [4.78, 5) is 12.3. The van der Waals surface area contributed by atoms with Crippen molar-refractivity contribution in [3.63, 3.8) is 0 Å². The van der Waals surface area contributed by atoms with Gasteiger partial charge < -0.3 is 20.1 Å². The second-order valence-electron chi connectivity index (χ2n) is 6.88. The number of halogens is 2. The van der Waals surface area contributed by atoms with Crippen LogP contribution >= 0.6 is 11.6 Å². The summed E-state index contributed by atoms with van der Waals surface area (Å²) < 4.78 is 22.6. The second kappa shape index (κ2) is 5.52. The molecule has 0 bridgehead atoms. The first-order chi connectivity index (χ1) is 12.2. The molecule has 3 N–H and O–H groups in total. The molecule has 0 aliphatic carbocycles. The van der Waals surface area contributed by atoms with E-state index in [1.807, 2.05) is 6.92 Å². The first-order valence-electron chi connectivity index (χ1n) is 8.07. The molecule has 3 heterocycles. The van der Waals surface area contributed by atoms with Crippen molar-refractivity contribution in [3.05, 3.63) is 28.9 Å². The predicted molar refractivity (Wildman–Crippen MR) is 95.6 cm³/mol. The van der Waals surface area contributed by atoms with Gasteiger partial charge in [-0.3, -0.25) is 0 Å². The molecule has 4 rings (SSSR count). The number of nitrogens with zero attached hydrogens (tertiary/aromatic N) is 4. The second-order valence-corrected chi connectivity index (χ2v) is 7.29. The lowest BCUT2D eigenvalue weighted by Gasteiger charge is -2.28. The Hall–Kier alpha value is -2.45. The average Bonchev–Trinajstić information content (AvgIpc) is 2.98. The molecule has 3 aromatic rings. The maximum atomic E-state index is 14.9. The van der Waals surface area contributed by atoms with E-state index in [9.17, 15) is 9.50 Å². The molecule has 26 heavy (non-hydrogen) atoms. The molecule has 7 nitrogen and oxygen atoms in total. The molecule has 1 aliphatic heterocycles.